The second-order valence-electron chi connectivity index (χ2n) is 3.27. The van der Waals surface area contributed by atoms with Crippen LogP contribution < -0.4 is 0 Å². The molecule has 0 N–H and O–H groups in total. The first-order valence-corrected chi connectivity index (χ1v) is 26.6. The molecule has 0 rings (SSSR count). The first-order valence-electron chi connectivity index (χ1n) is 5.89. The van der Waals surface area contributed by atoms with Crippen LogP contribution >= 0.6 is 59.5 Å². The molecule has 0 atom stereocenters. The molecule has 0 aliphatic heterocycles. The summed E-state index contributed by atoms with van der Waals surface area (Å²) >= 11 is 11.9. The normalized spacial score (nSPS) is 10.6. The van der Waals surface area contributed by atoms with Crippen LogP contribution in [-0.2, 0) is 0 Å². The zero-order chi connectivity index (χ0) is 14.1. The standard InChI is InChI=1S/2C5H11NS2.Bi.HI/c2*1-3-6(4-2)5(7)8;;/h2*3-4H2,1-2H3,(H,7,8);;1H/q;;+3;/p-3. The monoisotopic (exact) mass is 632 g/mol. The van der Waals surface area contributed by atoms with Crippen LogP contribution in [0.2, 0.25) is 0 Å². The van der Waals surface area contributed by atoms with Crippen molar-refractivity contribution in [3.05, 3.63) is 0 Å². The first kappa shape index (κ1) is 20.1. The molecular weight excluding hydrogens is 612 g/mol. The van der Waals surface area contributed by atoms with E-state index in [2.05, 4.69) is 55.5 Å². The van der Waals surface area contributed by atoms with Gasteiger partial charge in [-0.15, -0.1) is 0 Å². The zero-order valence-electron chi connectivity index (χ0n) is 11.2. The van der Waals surface area contributed by atoms with Crippen molar-refractivity contribution >= 4 is 82.8 Å². The molecule has 0 aromatic carbocycles. The van der Waals surface area contributed by atoms with Crippen molar-refractivity contribution in [1.82, 2.24) is 9.80 Å². The quantitative estimate of drug-likeness (QED) is 0.245. The molecule has 0 radical (unpaired) electrons. The third-order valence-corrected chi connectivity index (χ3v) is 29.2. The fourth-order valence-corrected chi connectivity index (χ4v) is 36.7. The zero-order valence-corrected chi connectivity index (χ0v) is 20.1. The maximum absolute atomic E-state index is 5.49. The Morgan fingerprint density at radius 1 is 0.889 bits per heavy atom. The van der Waals surface area contributed by atoms with Gasteiger partial charge in [-0.1, -0.05) is 0 Å². The fourth-order valence-electron chi connectivity index (χ4n) is 1.22. The van der Waals surface area contributed by atoms with E-state index in [1.807, 2.05) is 17.0 Å². The fraction of sp³-hybridized carbons (Fsp3) is 0.800. The van der Waals surface area contributed by atoms with E-state index < -0.39 is 14.6 Å². The first-order chi connectivity index (χ1) is 8.49. The minimum atomic E-state index is -1.69. The van der Waals surface area contributed by atoms with Crippen molar-refractivity contribution < 1.29 is 0 Å². The molecule has 0 saturated heterocycles. The average Bonchev–Trinajstić information content (AvgIpc) is 2.31. The Balaban J connectivity index is 4.22. The molecule has 0 spiro atoms. The third kappa shape index (κ3) is 7.76. The molecule has 0 aromatic heterocycles. The Hall–Kier alpha value is 2.09. The van der Waals surface area contributed by atoms with Gasteiger partial charge in [0.15, 0.2) is 0 Å². The average molecular weight is 632 g/mol. The summed E-state index contributed by atoms with van der Waals surface area (Å²) in [6.07, 6.45) is 0. The van der Waals surface area contributed by atoms with Crippen molar-refractivity contribution in [2.75, 3.05) is 26.2 Å². The van der Waals surface area contributed by atoms with Crippen molar-refractivity contribution in [2.24, 2.45) is 0 Å². The second kappa shape index (κ2) is 11.7. The van der Waals surface area contributed by atoms with Crippen LogP contribution in [0.15, 0.2) is 0 Å². The Kier molecular flexibility index (Phi) is 13.1. The maximum atomic E-state index is 5.49. The Labute approximate surface area is 144 Å². The van der Waals surface area contributed by atoms with E-state index >= 15 is 0 Å². The molecule has 0 saturated carbocycles. The molecule has 2 nitrogen and oxygen atoms in total. The van der Waals surface area contributed by atoms with Crippen LogP contribution in [-0.4, -0.2) is 59.3 Å². The van der Waals surface area contributed by atoms with Crippen LogP contribution in [0, 0.1) is 0 Å². The summed E-state index contributed by atoms with van der Waals surface area (Å²) in [5.41, 5.74) is 0. The predicted octanol–water partition coefficient (Wildman–Crippen LogP) is 4.13. The van der Waals surface area contributed by atoms with Gasteiger partial charge in [0.05, 0.1) is 0 Å². The van der Waals surface area contributed by atoms with Gasteiger partial charge >= 0.3 is 146 Å². The SMILES string of the molecule is CCN(CC)C(=S)[S][Bi]([I])[S]C(=S)N(CC)CC. The van der Waals surface area contributed by atoms with E-state index in [0.29, 0.717) is 0 Å². The Morgan fingerprint density at radius 3 is 1.39 bits per heavy atom. The molecular formula is C10H20BiIN2S4. The molecule has 0 bridgehead atoms. The summed E-state index contributed by atoms with van der Waals surface area (Å²) in [7, 11) is 3.84. The third-order valence-electron chi connectivity index (χ3n) is 2.34. The van der Waals surface area contributed by atoms with Crippen molar-refractivity contribution in [2.45, 2.75) is 27.7 Å². The van der Waals surface area contributed by atoms with Crippen LogP contribution in [0.25, 0.3) is 0 Å². The minimum absolute atomic E-state index is 1.00. The molecule has 0 amide bonds. The number of rotatable bonds is 6. The summed E-state index contributed by atoms with van der Waals surface area (Å²) in [6, 6.07) is 0. The molecule has 0 heterocycles. The van der Waals surface area contributed by atoms with Crippen molar-refractivity contribution in [3.8, 4) is 0 Å². The summed E-state index contributed by atoms with van der Waals surface area (Å²) in [4.78, 5) is 4.50. The number of halogens is 1. The van der Waals surface area contributed by atoms with E-state index in [-0.39, 0.29) is 0 Å². The summed E-state index contributed by atoms with van der Waals surface area (Å²) in [5.74, 6) is 0. The van der Waals surface area contributed by atoms with E-state index in [0.717, 1.165) is 34.8 Å². The number of nitrogens with zero attached hydrogens (tertiary/aromatic N) is 2. The van der Waals surface area contributed by atoms with E-state index in [1.165, 1.54) is 0 Å². The summed E-state index contributed by atoms with van der Waals surface area (Å²) < 4.78 is 2.11. The number of hydrogen-bond acceptors (Lipinski definition) is 4. The van der Waals surface area contributed by atoms with Gasteiger partial charge in [-0.3, -0.25) is 0 Å². The predicted molar refractivity (Wildman–Crippen MR) is 106 cm³/mol. The number of hydrogen-bond donors (Lipinski definition) is 0. The van der Waals surface area contributed by atoms with Gasteiger partial charge in [-0.2, -0.15) is 0 Å². The molecule has 106 valence electrons. The van der Waals surface area contributed by atoms with Crippen LogP contribution in [0.3, 0.4) is 0 Å². The van der Waals surface area contributed by atoms with E-state index in [4.69, 9.17) is 24.4 Å². The number of thiocarbonyl (C=S) groups is 2. The van der Waals surface area contributed by atoms with Gasteiger partial charge in [-0.25, -0.2) is 0 Å². The van der Waals surface area contributed by atoms with Gasteiger partial charge in [0.1, 0.15) is 0 Å². The Morgan fingerprint density at radius 2 is 1.17 bits per heavy atom. The molecule has 18 heavy (non-hydrogen) atoms. The van der Waals surface area contributed by atoms with Crippen molar-refractivity contribution in [3.63, 3.8) is 0 Å². The molecule has 0 fully saturated rings. The summed E-state index contributed by atoms with van der Waals surface area (Å²) in [6.45, 7) is 12.6. The topological polar surface area (TPSA) is 6.48 Å². The van der Waals surface area contributed by atoms with Crippen molar-refractivity contribution in [1.29, 1.82) is 0 Å². The molecule has 0 unspecified atom stereocenters. The van der Waals surface area contributed by atoms with Gasteiger partial charge in [0.2, 0.25) is 0 Å². The molecule has 0 aliphatic carbocycles. The van der Waals surface area contributed by atoms with E-state index in [1.54, 1.807) is 0 Å². The molecule has 0 aliphatic rings. The van der Waals surface area contributed by atoms with Gasteiger partial charge in [0, 0.05) is 0 Å². The summed E-state index contributed by atoms with van der Waals surface area (Å²) in [5, 5.41) is 0. The van der Waals surface area contributed by atoms with Gasteiger partial charge in [0.25, 0.3) is 0 Å². The van der Waals surface area contributed by atoms with Gasteiger partial charge < -0.3 is 0 Å². The molecule has 8 heteroatoms. The second-order valence-corrected chi connectivity index (χ2v) is 40.0. The van der Waals surface area contributed by atoms with Crippen LogP contribution in [0.5, 0.6) is 0 Å². The van der Waals surface area contributed by atoms with E-state index in [9.17, 15) is 0 Å². The van der Waals surface area contributed by atoms with Crippen LogP contribution in [0.4, 0.5) is 0 Å². The molecule has 0 aromatic rings. The van der Waals surface area contributed by atoms with Gasteiger partial charge in [-0.05, 0) is 0 Å². The Bertz CT molecular complexity index is 247. The van der Waals surface area contributed by atoms with Crippen LogP contribution in [0.1, 0.15) is 27.7 Å².